The smallest absolute Gasteiger partial charge is 0.408 e. The first-order valence-electron chi connectivity index (χ1n) is 10.2. The lowest BCUT2D eigenvalue weighted by Crippen LogP contribution is -2.54. The minimum absolute atomic E-state index is 0.0704. The summed E-state index contributed by atoms with van der Waals surface area (Å²) in [5, 5.41) is 5.46. The summed E-state index contributed by atoms with van der Waals surface area (Å²) in [6.07, 6.45) is -0.704. The van der Waals surface area contributed by atoms with Gasteiger partial charge in [-0.1, -0.05) is 29.8 Å². The van der Waals surface area contributed by atoms with Gasteiger partial charge in [-0.3, -0.25) is 9.59 Å². The molecule has 2 atom stereocenters. The van der Waals surface area contributed by atoms with Gasteiger partial charge in [-0.25, -0.2) is 4.79 Å². The van der Waals surface area contributed by atoms with Crippen molar-refractivity contribution in [1.82, 2.24) is 15.5 Å². The molecule has 1 aromatic rings. The summed E-state index contributed by atoms with van der Waals surface area (Å²) >= 11 is 4.23. The fraction of sp³-hybridized carbons (Fsp3) is 0.591. The fourth-order valence-corrected chi connectivity index (χ4v) is 3.13. The van der Waals surface area contributed by atoms with Crippen molar-refractivity contribution in [2.75, 3.05) is 12.3 Å². The van der Waals surface area contributed by atoms with Gasteiger partial charge in [0.2, 0.25) is 11.8 Å². The predicted molar refractivity (Wildman–Crippen MR) is 122 cm³/mol. The summed E-state index contributed by atoms with van der Waals surface area (Å²) in [6, 6.07) is 5.65. The van der Waals surface area contributed by atoms with Gasteiger partial charge < -0.3 is 20.3 Å². The van der Waals surface area contributed by atoms with Crippen molar-refractivity contribution in [2.45, 2.75) is 72.2 Å². The maximum atomic E-state index is 13.3. The molecule has 3 amide bonds. The van der Waals surface area contributed by atoms with Crippen LogP contribution < -0.4 is 10.6 Å². The fourth-order valence-electron chi connectivity index (χ4n) is 2.89. The second-order valence-electron chi connectivity index (χ2n) is 8.48. The van der Waals surface area contributed by atoms with Crippen molar-refractivity contribution in [3.8, 4) is 0 Å². The Morgan fingerprint density at radius 1 is 1.10 bits per heavy atom. The average molecular weight is 438 g/mol. The standard InChI is InChI=1S/C22H35N3O4S/c1-8-25(20(27)17(13-30)24-21(28)29-22(5,6)7)18(19(26)23-14(2)3)16-11-9-15(4)10-12-16/h9-12,14,17-18,30H,8,13H2,1-7H3,(H,23,26)(H,24,28). The van der Waals surface area contributed by atoms with E-state index in [1.165, 1.54) is 4.90 Å². The molecule has 0 bridgehead atoms. The Morgan fingerprint density at radius 3 is 2.10 bits per heavy atom. The van der Waals surface area contributed by atoms with Crippen LogP contribution in [0.2, 0.25) is 0 Å². The molecule has 1 rings (SSSR count). The molecule has 0 aromatic heterocycles. The van der Waals surface area contributed by atoms with Gasteiger partial charge in [0.05, 0.1) is 0 Å². The van der Waals surface area contributed by atoms with Crippen molar-refractivity contribution in [1.29, 1.82) is 0 Å². The van der Waals surface area contributed by atoms with Crippen LogP contribution in [0.25, 0.3) is 0 Å². The number of alkyl carbamates (subject to hydrolysis) is 1. The zero-order valence-corrected chi connectivity index (χ0v) is 19.9. The monoisotopic (exact) mass is 437 g/mol. The molecule has 0 spiro atoms. The Morgan fingerprint density at radius 2 is 1.67 bits per heavy atom. The van der Waals surface area contributed by atoms with Gasteiger partial charge in [0.1, 0.15) is 17.7 Å². The third kappa shape index (κ3) is 7.89. The average Bonchev–Trinajstić information content (AvgIpc) is 2.62. The molecule has 0 saturated carbocycles. The molecule has 1 aromatic carbocycles. The predicted octanol–water partition coefficient (Wildman–Crippen LogP) is 3.23. The third-order valence-electron chi connectivity index (χ3n) is 4.18. The number of aryl methyl sites for hydroxylation is 1. The second-order valence-corrected chi connectivity index (χ2v) is 8.85. The van der Waals surface area contributed by atoms with E-state index in [1.54, 1.807) is 27.7 Å². The molecule has 8 heteroatoms. The minimum atomic E-state index is -0.928. The zero-order valence-electron chi connectivity index (χ0n) is 19.0. The molecule has 7 nitrogen and oxygen atoms in total. The number of benzene rings is 1. The van der Waals surface area contributed by atoms with Crippen LogP contribution >= 0.6 is 12.6 Å². The summed E-state index contributed by atoms with van der Waals surface area (Å²) in [6.45, 7) is 13.0. The summed E-state index contributed by atoms with van der Waals surface area (Å²) in [4.78, 5) is 40.0. The van der Waals surface area contributed by atoms with E-state index in [0.717, 1.165) is 5.56 Å². The lowest BCUT2D eigenvalue weighted by atomic mass is 10.0. The Balaban J connectivity index is 3.20. The number of hydrogen-bond acceptors (Lipinski definition) is 5. The van der Waals surface area contributed by atoms with Crippen LogP contribution in [0.4, 0.5) is 4.79 Å². The summed E-state index contributed by atoms with van der Waals surface area (Å²) < 4.78 is 5.26. The van der Waals surface area contributed by atoms with Crippen molar-refractivity contribution in [2.24, 2.45) is 0 Å². The van der Waals surface area contributed by atoms with E-state index in [0.29, 0.717) is 5.56 Å². The first-order valence-corrected chi connectivity index (χ1v) is 10.8. The molecule has 30 heavy (non-hydrogen) atoms. The number of rotatable bonds is 8. The molecule has 2 N–H and O–H groups in total. The minimum Gasteiger partial charge on any atom is -0.444 e. The SMILES string of the molecule is CCN(C(=O)C(CS)NC(=O)OC(C)(C)C)C(C(=O)NC(C)C)c1ccc(C)cc1. The summed E-state index contributed by atoms with van der Waals surface area (Å²) in [5.41, 5.74) is 1.06. The van der Waals surface area contributed by atoms with Crippen molar-refractivity contribution >= 4 is 30.5 Å². The van der Waals surface area contributed by atoms with Crippen LogP contribution in [0.1, 0.15) is 58.7 Å². The van der Waals surface area contributed by atoms with E-state index >= 15 is 0 Å². The number of likely N-dealkylation sites (N-methyl/N-ethyl adjacent to an activating group) is 1. The molecule has 0 radical (unpaired) electrons. The van der Waals surface area contributed by atoms with Gasteiger partial charge in [-0.15, -0.1) is 0 Å². The molecule has 0 saturated heterocycles. The van der Waals surface area contributed by atoms with Crippen molar-refractivity contribution < 1.29 is 19.1 Å². The lowest BCUT2D eigenvalue weighted by molar-refractivity contribution is -0.142. The van der Waals surface area contributed by atoms with E-state index in [4.69, 9.17) is 4.74 Å². The highest BCUT2D eigenvalue weighted by atomic mass is 32.1. The summed E-state index contributed by atoms with van der Waals surface area (Å²) in [7, 11) is 0. The lowest BCUT2D eigenvalue weighted by Gasteiger charge is -2.33. The number of thiol groups is 1. The Labute approximate surface area is 185 Å². The van der Waals surface area contributed by atoms with Crippen LogP contribution in [-0.4, -0.2) is 52.8 Å². The van der Waals surface area contributed by atoms with Crippen LogP contribution in [0, 0.1) is 6.92 Å². The van der Waals surface area contributed by atoms with Gasteiger partial charge in [-0.2, -0.15) is 12.6 Å². The van der Waals surface area contributed by atoms with Crippen molar-refractivity contribution in [3.63, 3.8) is 0 Å². The Kier molecular flexibility index (Phi) is 9.68. The molecule has 0 aliphatic heterocycles. The van der Waals surface area contributed by atoms with E-state index in [9.17, 15) is 14.4 Å². The second kappa shape index (κ2) is 11.2. The highest BCUT2D eigenvalue weighted by molar-refractivity contribution is 7.80. The number of carbonyl (C=O) groups excluding carboxylic acids is 3. The number of nitrogens with zero attached hydrogens (tertiary/aromatic N) is 1. The van der Waals surface area contributed by atoms with E-state index in [2.05, 4.69) is 23.3 Å². The summed E-state index contributed by atoms with van der Waals surface area (Å²) in [5.74, 6) is -0.608. The molecule has 0 aliphatic rings. The first-order chi connectivity index (χ1) is 13.9. The van der Waals surface area contributed by atoms with E-state index in [-0.39, 0.29) is 24.2 Å². The molecular formula is C22H35N3O4S. The molecule has 2 unspecified atom stereocenters. The first kappa shape index (κ1) is 25.8. The quantitative estimate of drug-likeness (QED) is 0.545. The molecule has 0 heterocycles. The van der Waals surface area contributed by atoms with Gasteiger partial charge in [-0.05, 0) is 54.0 Å². The van der Waals surface area contributed by atoms with Crippen molar-refractivity contribution in [3.05, 3.63) is 35.4 Å². The number of nitrogens with one attached hydrogen (secondary N) is 2. The highest BCUT2D eigenvalue weighted by Crippen LogP contribution is 2.23. The number of carbonyl (C=O) groups is 3. The Bertz CT molecular complexity index is 729. The van der Waals surface area contributed by atoms with E-state index < -0.39 is 29.7 Å². The van der Waals surface area contributed by atoms with Gasteiger partial charge in [0.15, 0.2) is 0 Å². The van der Waals surface area contributed by atoms with Crippen LogP contribution in [0.3, 0.4) is 0 Å². The van der Waals surface area contributed by atoms with E-state index in [1.807, 2.05) is 45.0 Å². The number of amides is 3. The highest BCUT2D eigenvalue weighted by Gasteiger charge is 2.35. The maximum absolute atomic E-state index is 13.3. The molecular weight excluding hydrogens is 402 g/mol. The van der Waals surface area contributed by atoms with Gasteiger partial charge in [0.25, 0.3) is 0 Å². The Hall–Kier alpha value is -2.22. The van der Waals surface area contributed by atoms with Crippen LogP contribution in [0.15, 0.2) is 24.3 Å². The molecule has 168 valence electrons. The van der Waals surface area contributed by atoms with Gasteiger partial charge in [0, 0.05) is 18.3 Å². The van der Waals surface area contributed by atoms with Crippen LogP contribution in [-0.2, 0) is 14.3 Å². The molecule has 0 aliphatic carbocycles. The number of hydrogen-bond donors (Lipinski definition) is 3. The number of ether oxygens (including phenoxy) is 1. The zero-order chi connectivity index (χ0) is 23.1. The topological polar surface area (TPSA) is 87.7 Å². The molecule has 0 fully saturated rings. The maximum Gasteiger partial charge on any atom is 0.408 e. The van der Waals surface area contributed by atoms with Gasteiger partial charge >= 0.3 is 6.09 Å². The normalized spacial score (nSPS) is 13.4. The van der Waals surface area contributed by atoms with Crippen LogP contribution in [0.5, 0.6) is 0 Å². The largest absolute Gasteiger partial charge is 0.444 e. The third-order valence-corrected chi connectivity index (χ3v) is 4.54.